The second kappa shape index (κ2) is 11.0. The van der Waals surface area contributed by atoms with Crippen LogP contribution < -0.4 is 5.32 Å². The van der Waals surface area contributed by atoms with Crippen molar-refractivity contribution in [3.63, 3.8) is 0 Å². The number of hydrogen-bond acceptors (Lipinski definition) is 11. The molecular formula is C22H23F3N4O8. The second-order valence-corrected chi connectivity index (χ2v) is 7.91. The third-order valence-corrected chi connectivity index (χ3v) is 5.42. The van der Waals surface area contributed by atoms with Crippen molar-refractivity contribution in [2.24, 2.45) is 0 Å². The van der Waals surface area contributed by atoms with Crippen LogP contribution >= 0.6 is 0 Å². The van der Waals surface area contributed by atoms with Gasteiger partial charge in [-0.1, -0.05) is 0 Å². The normalized spacial score (nSPS) is 14.9. The number of methoxy groups -OCH3 is 2. The van der Waals surface area contributed by atoms with Crippen molar-refractivity contribution in [1.29, 1.82) is 0 Å². The molecule has 1 aliphatic heterocycles. The minimum Gasteiger partial charge on any atom is -0.468 e. The molecule has 3 rings (SSSR count). The van der Waals surface area contributed by atoms with Crippen LogP contribution in [0.4, 0.5) is 24.7 Å². The molecular weight excluding hydrogens is 505 g/mol. The number of nitro benzene ring substituents is 1. The summed E-state index contributed by atoms with van der Waals surface area (Å²) in [5, 5.41) is 14.2. The van der Waals surface area contributed by atoms with Crippen LogP contribution in [0.5, 0.6) is 0 Å². The van der Waals surface area contributed by atoms with Crippen molar-refractivity contribution in [2.45, 2.75) is 38.3 Å². The summed E-state index contributed by atoms with van der Waals surface area (Å²) in [6.07, 6.45) is -5.97. The first kappa shape index (κ1) is 27.7. The minimum atomic E-state index is -4.83. The van der Waals surface area contributed by atoms with Crippen molar-refractivity contribution in [3.8, 4) is 0 Å². The Morgan fingerprint density at radius 1 is 1.14 bits per heavy atom. The maximum atomic E-state index is 13.4. The number of nitro groups is 1. The van der Waals surface area contributed by atoms with Gasteiger partial charge >= 0.3 is 18.1 Å². The number of hydrogen-bond donors (Lipinski definition) is 1. The maximum Gasteiger partial charge on any atom is 0.416 e. The van der Waals surface area contributed by atoms with Crippen LogP contribution in [-0.2, 0) is 34.7 Å². The Hall–Kier alpha value is -3.85. The number of rotatable bonds is 8. The van der Waals surface area contributed by atoms with Gasteiger partial charge in [0.25, 0.3) is 5.69 Å². The molecule has 2 aromatic rings. The molecule has 0 spiro atoms. The number of aryl methyl sites for hydroxylation is 1. The molecule has 200 valence electrons. The van der Waals surface area contributed by atoms with E-state index >= 15 is 0 Å². The van der Waals surface area contributed by atoms with Gasteiger partial charge in [-0.3, -0.25) is 19.7 Å². The van der Waals surface area contributed by atoms with E-state index in [1.165, 1.54) is 13.8 Å². The van der Waals surface area contributed by atoms with Crippen molar-refractivity contribution in [3.05, 3.63) is 56.5 Å². The van der Waals surface area contributed by atoms with E-state index in [0.29, 0.717) is 6.07 Å². The lowest BCUT2D eigenvalue weighted by atomic mass is 9.98. The standard InChI is InChI=1S/C22H23F3N4O8/c1-10(12-7-13(22(23,24)25)9-14(8-12)29(32)33)26-18-15(21-36-5-6-37-21)17(27-11(2)28-18)16(19(30)34-3)20(31)35-4/h7-10,16,21H,5-6H2,1-4H3,(H,26,27,28)/t10-/m1/s1. The number of carbonyl (C=O) groups is 2. The lowest BCUT2D eigenvalue weighted by Gasteiger charge is -2.24. The van der Waals surface area contributed by atoms with Crippen molar-refractivity contribution >= 4 is 23.4 Å². The third kappa shape index (κ3) is 6.11. The van der Waals surface area contributed by atoms with Crippen molar-refractivity contribution in [2.75, 3.05) is 32.8 Å². The van der Waals surface area contributed by atoms with E-state index in [1.807, 2.05) is 0 Å². The first-order chi connectivity index (χ1) is 17.4. The number of nitrogens with zero attached hydrogens (tertiary/aromatic N) is 3. The zero-order valence-corrected chi connectivity index (χ0v) is 20.1. The van der Waals surface area contributed by atoms with Gasteiger partial charge in [0.1, 0.15) is 11.6 Å². The van der Waals surface area contributed by atoms with Crippen LogP contribution in [0, 0.1) is 17.0 Å². The number of carbonyl (C=O) groups excluding carboxylic acids is 2. The molecule has 0 radical (unpaired) electrons. The minimum absolute atomic E-state index is 0.0252. The summed E-state index contributed by atoms with van der Waals surface area (Å²) in [4.78, 5) is 43.9. The molecule has 0 amide bonds. The average molecular weight is 528 g/mol. The van der Waals surface area contributed by atoms with Gasteiger partial charge in [0.05, 0.1) is 55.2 Å². The summed E-state index contributed by atoms with van der Waals surface area (Å²) in [7, 11) is 2.13. The molecule has 37 heavy (non-hydrogen) atoms. The van der Waals surface area contributed by atoms with Gasteiger partial charge in [0, 0.05) is 12.1 Å². The van der Waals surface area contributed by atoms with Crippen LogP contribution in [0.25, 0.3) is 0 Å². The summed E-state index contributed by atoms with van der Waals surface area (Å²) >= 11 is 0. The molecule has 1 aromatic heterocycles. The topological polar surface area (TPSA) is 152 Å². The molecule has 0 saturated carbocycles. The molecule has 1 atom stereocenters. The average Bonchev–Trinajstić information content (AvgIpc) is 3.37. The second-order valence-electron chi connectivity index (χ2n) is 7.91. The van der Waals surface area contributed by atoms with Gasteiger partial charge < -0.3 is 24.3 Å². The number of anilines is 1. The van der Waals surface area contributed by atoms with Gasteiger partial charge in [0.15, 0.2) is 12.2 Å². The molecule has 12 nitrogen and oxygen atoms in total. The molecule has 2 heterocycles. The van der Waals surface area contributed by atoms with Crippen LogP contribution in [-0.4, -0.2) is 54.3 Å². The zero-order valence-electron chi connectivity index (χ0n) is 20.1. The fourth-order valence-corrected chi connectivity index (χ4v) is 3.69. The highest BCUT2D eigenvalue weighted by atomic mass is 19.4. The summed E-state index contributed by atoms with van der Waals surface area (Å²) in [6, 6.07) is 1.23. The van der Waals surface area contributed by atoms with Crippen molar-refractivity contribution < 1.29 is 46.6 Å². The third-order valence-electron chi connectivity index (χ3n) is 5.42. The number of esters is 2. The first-order valence-corrected chi connectivity index (χ1v) is 10.8. The molecule has 15 heteroatoms. The van der Waals surface area contributed by atoms with Crippen LogP contribution in [0.3, 0.4) is 0 Å². The first-order valence-electron chi connectivity index (χ1n) is 10.8. The van der Waals surface area contributed by atoms with E-state index in [0.717, 1.165) is 26.4 Å². The molecule has 1 fully saturated rings. The number of aromatic nitrogens is 2. The lowest BCUT2D eigenvalue weighted by molar-refractivity contribution is -0.385. The predicted molar refractivity (Wildman–Crippen MR) is 118 cm³/mol. The van der Waals surface area contributed by atoms with Gasteiger partial charge in [-0.15, -0.1) is 0 Å². The quantitative estimate of drug-likeness (QED) is 0.232. The Morgan fingerprint density at radius 2 is 1.73 bits per heavy atom. The number of benzene rings is 1. The van der Waals surface area contributed by atoms with E-state index in [9.17, 15) is 32.9 Å². The molecule has 1 saturated heterocycles. The lowest BCUT2D eigenvalue weighted by Crippen LogP contribution is -2.28. The Kier molecular flexibility index (Phi) is 8.28. The Morgan fingerprint density at radius 3 is 2.24 bits per heavy atom. The fraction of sp³-hybridized carbons (Fsp3) is 0.455. The van der Waals surface area contributed by atoms with E-state index in [2.05, 4.69) is 15.3 Å². The molecule has 1 N–H and O–H groups in total. The monoisotopic (exact) mass is 528 g/mol. The van der Waals surface area contributed by atoms with E-state index in [1.54, 1.807) is 0 Å². The SMILES string of the molecule is COC(=O)C(C(=O)OC)c1nc(C)nc(N[C@H](C)c2cc([N+](=O)[O-])cc(C(F)(F)F)c2)c1C1OCCO1. The van der Waals surface area contributed by atoms with E-state index in [-0.39, 0.29) is 41.7 Å². The van der Waals surface area contributed by atoms with E-state index < -0.39 is 52.5 Å². The summed E-state index contributed by atoms with van der Waals surface area (Å²) in [5.74, 6) is -3.57. The summed E-state index contributed by atoms with van der Waals surface area (Å²) in [6.45, 7) is 3.23. The van der Waals surface area contributed by atoms with Gasteiger partial charge in [-0.25, -0.2) is 9.97 Å². The fourth-order valence-electron chi connectivity index (χ4n) is 3.69. The van der Waals surface area contributed by atoms with Gasteiger partial charge in [-0.2, -0.15) is 13.2 Å². The summed E-state index contributed by atoms with van der Waals surface area (Å²) < 4.78 is 60.8. The van der Waals surface area contributed by atoms with Gasteiger partial charge in [-0.05, 0) is 25.5 Å². The Balaban J connectivity index is 2.16. The number of halogens is 3. The molecule has 0 unspecified atom stereocenters. The predicted octanol–water partition coefficient (Wildman–Crippen LogP) is 3.36. The smallest absolute Gasteiger partial charge is 0.416 e. The molecule has 1 aliphatic rings. The van der Waals surface area contributed by atoms with E-state index in [4.69, 9.17) is 18.9 Å². The number of alkyl halides is 3. The van der Waals surface area contributed by atoms with Crippen LogP contribution in [0.15, 0.2) is 18.2 Å². The maximum absolute atomic E-state index is 13.4. The highest BCUT2D eigenvalue weighted by Crippen LogP contribution is 2.38. The van der Waals surface area contributed by atoms with Crippen LogP contribution in [0.2, 0.25) is 0 Å². The Bertz CT molecular complexity index is 1190. The molecule has 0 aliphatic carbocycles. The zero-order chi connectivity index (χ0) is 27.5. The largest absolute Gasteiger partial charge is 0.468 e. The van der Waals surface area contributed by atoms with Gasteiger partial charge in [0.2, 0.25) is 0 Å². The highest BCUT2D eigenvalue weighted by Gasteiger charge is 2.40. The Labute approximate surface area is 208 Å². The number of nitrogens with one attached hydrogen (secondary N) is 1. The molecule has 0 bridgehead atoms. The number of non-ortho nitro benzene ring substituents is 1. The van der Waals surface area contributed by atoms with Crippen molar-refractivity contribution in [1.82, 2.24) is 9.97 Å². The highest BCUT2D eigenvalue weighted by molar-refractivity contribution is 6.00. The van der Waals surface area contributed by atoms with Crippen LogP contribution in [0.1, 0.15) is 53.4 Å². The molecule has 1 aromatic carbocycles. The number of ether oxygens (including phenoxy) is 4. The summed E-state index contributed by atoms with van der Waals surface area (Å²) in [5.41, 5.74) is -2.16.